The summed E-state index contributed by atoms with van der Waals surface area (Å²) in [7, 11) is 0. The average molecular weight is 413 g/mol. The molecule has 0 N–H and O–H groups in total. The van der Waals surface area contributed by atoms with Crippen molar-refractivity contribution in [2.24, 2.45) is 0 Å². The van der Waals surface area contributed by atoms with Crippen LogP contribution in [0.2, 0.25) is 0 Å². The zero-order valence-electron chi connectivity index (χ0n) is 10.0. The number of rotatable bonds is 3. The van der Waals surface area contributed by atoms with Gasteiger partial charge in [0.25, 0.3) is 0 Å². The molecule has 0 bridgehead atoms. The smallest absolute Gasteiger partial charge is 0.419 e. The van der Waals surface area contributed by atoms with E-state index in [4.69, 9.17) is 16.3 Å². The highest BCUT2D eigenvalue weighted by Gasteiger charge is 2.34. The van der Waals surface area contributed by atoms with Crippen molar-refractivity contribution >= 4 is 34.2 Å². The Morgan fingerprint density at radius 1 is 1.05 bits per heavy atom. The van der Waals surface area contributed by atoms with Gasteiger partial charge in [-0.05, 0) is 64.6 Å². The minimum atomic E-state index is -4.49. The number of hydrogen-bond donors (Lipinski definition) is 0. The zero-order chi connectivity index (χ0) is 14.8. The predicted octanol–water partition coefficient (Wildman–Crippen LogP) is 5.84. The van der Waals surface area contributed by atoms with Gasteiger partial charge >= 0.3 is 6.18 Å². The Morgan fingerprint density at radius 2 is 1.70 bits per heavy atom. The summed E-state index contributed by atoms with van der Waals surface area (Å²) in [6.45, 7) is 0. The van der Waals surface area contributed by atoms with Crippen molar-refractivity contribution in [3.63, 3.8) is 0 Å². The van der Waals surface area contributed by atoms with E-state index in [0.717, 1.165) is 9.64 Å². The van der Waals surface area contributed by atoms with Gasteiger partial charge in [-0.1, -0.05) is 6.07 Å². The molecule has 0 aliphatic carbocycles. The van der Waals surface area contributed by atoms with E-state index in [2.05, 4.69) is 22.6 Å². The number of ether oxygens (including phenoxy) is 1. The first kappa shape index (κ1) is 15.4. The minimum Gasteiger partial charge on any atom is -0.457 e. The Morgan fingerprint density at radius 3 is 2.25 bits per heavy atom. The van der Waals surface area contributed by atoms with E-state index in [1.165, 1.54) is 12.1 Å². The molecular formula is C14H9ClF3IO. The monoisotopic (exact) mass is 412 g/mol. The first-order valence-corrected chi connectivity index (χ1v) is 7.21. The van der Waals surface area contributed by atoms with Gasteiger partial charge in [0.2, 0.25) is 0 Å². The SMILES string of the molecule is FC(F)(F)c1cc(CCl)ccc1Oc1ccc(I)cc1. The molecule has 106 valence electrons. The largest absolute Gasteiger partial charge is 0.457 e. The number of halogens is 5. The number of benzene rings is 2. The molecule has 0 spiro atoms. The van der Waals surface area contributed by atoms with Crippen LogP contribution in [0.3, 0.4) is 0 Å². The lowest BCUT2D eigenvalue weighted by Crippen LogP contribution is -2.07. The van der Waals surface area contributed by atoms with Crippen LogP contribution in [-0.4, -0.2) is 0 Å². The summed E-state index contributed by atoms with van der Waals surface area (Å²) in [5, 5.41) is 0. The first-order valence-electron chi connectivity index (χ1n) is 5.59. The van der Waals surface area contributed by atoms with Gasteiger partial charge < -0.3 is 4.74 Å². The quantitative estimate of drug-likeness (QED) is 0.454. The summed E-state index contributed by atoms with van der Waals surface area (Å²) in [5.41, 5.74) is -0.428. The van der Waals surface area contributed by atoms with Gasteiger partial charge in [0, 0.05) is 9.45 Å². The fourth-order valence-electron chi connectivity index (χ4n) is 1.60. The third-order valence-corrected chi connectivity index (χ3v) is 3.57. The van der Waals surface area contributed by atoms with Crippen molar-refractivity contribution in [2.75, 3.05) is 0 Å². The van der Waals surface area contributed by atoms with Crippen LogP contribution in [-0.2, 0) is 12.1 Å². The fourth-order valence-corrected chi connectivity index (χ4v) is 2.13. The highest BCUT2D eigenvalue weighted by Crippen LogP contribution is 2.39. The molecule has 2 aromatic carbocycles. The standard InChI is InChI=1S/C14H9ClF3IO/c15-8-9-1-6-13(12(7-9)14(16,17)18)20-11-4-2-10(19)3-5-11/h1-7H,8H2. The normalized spacial score (nSPS) is 11.4. The maximum Gasteiger partial charge on any atom is 0.419 e. The molecule has 2 aromatic rings. The molecule has 0 radical (unpaired) electrons. The Hall–Kier alpha value is -0.950. The van der Waals surface area contributed by atoms with Crippen molar-refractivity contribution in [1.29, 1.82) is 0 Å². The number of alkyl halides is 4. The summed E-state index contributed by atoms with van der Waals surface area (Å²) >= 11 is 7.68. The molecule has 0 amide bonds. The van der Waals surface area contributed by atoms with Crippen LogP contribution in [0.4, 0.5) is 13.2 Å². The van der Waals surface area contributed by atoms with E-state index >= 15 is 0 Å². The van der Waals surface area contributed by atoms with Gasteiger partial charge in [-0.2, -0.15) is 13.2 Å². The van der Waals surface area contributed by atoms with Gasteiger partial charge in [0.1, 0.15) is 11.5 Å². The molecule has 0 saturated carbocycles. The Kier molecular flexibility index (Phi) is 4.80. The molecule has 1 nitrogen and oxygen atoms in total. The van der Waals surface area contributed by atoms with Crippen molar-refractivity contribution in [2.45, 2.75) is 12.1 Å². The van der Waals surface area contributed by atoms with Crippen molar-refractivity contribution < 1.29 is 17.9 Å². The molecule has 20 heavy (non-hydrogen) atoms. The van der Waals surface area contributed by atoms with Crippen molar-refractivity contribution in [3.8, 4) is 11.5 Å². The summed E-state index contributed by atoms with van der Waals surface area (Å²) in [4.78, 5) is 0. The highest BCUT2D eigenvalue weighted by molar-refractivity contribution is 14.1. The summed E-state index contributed by atoms with van der Waals surface area (Å²) in [6.07, 6.45) is -4.49. The van der Waals surface area contributed by atoms with Crippen LogP contribution in [0.5, 0.6) is 11.5 Å². The molecule has 0 unspecified atom stereocenters. The fraction of sp³-hybridized carbons (Fsp3) is 0.143. The lowest BCUT2D eigenvalue weighted by Gasteiger charge is -2.14. The summed E-state index contributed by atoms with van der Waals surface area (Å²) in [6, 6.07) is 10.6. The van der Waals surface area contributed by atoms with Crippen molar-refractivity contribution in [3.05, 3.63) is 57.2 Å². The van der Waals surface area contributed by atoms with E-state index in [-0.39, 0.29) is 11.6 Å². The molecule has 0 aromatic heterocycles. The Balaban J connectivity index is 2.38. The van der Waals surface area contributed by atoms with Gasteiger partial charge in [-0.3, -0.25) is 0 Å². The third kappa shape index (κ3) is 3.79. The average Bonchev–Trinajstić information content (AvgIpc) is 2.40. The highest BCUT2D eigenvalue weighted by atomic mass is 127. The van der Waals surface area contributed by atoms with E-state index < -0.39 is 11.7 Å². The van der Waals surface area contributed by atoms with Gasteiger partial charge in [0.15, 0.2) is 0 Å². The second-order valence-corrected chi connectivity index (χ2v) is 5.53. The predicted molar refractivity (Wildman–Crippen MR) is 80.2 cm³/mol. The van der Waals surface area contributed by atoms with Crippen LogP contribution in [0.25, 0.3) is 0 Å². The minimum absolute atomic E-state index is 0.0207. The van der Waals surface area contributed by atoms with E-state index in [9.17, 15) is 13.2 Å². The van der Waals surface area contributed by atoms with E-state index in [1.54, 1.807) is 24.3 Å². The molecule has 0 saturated heterocycles. The molecule has 0 atom stereocenters. The van der Waals surface area contributed by atoms with Gasteiger partial charge in [0.05, 0.1) is 5.56 Å². The van der Waals surface area contributed by atoms with Crippen LogP contribution in [0.1, 0.15) is 11.1 Å². The van der Waals surface area contributed by atoms with E-state index in [0.29, 0.717) is 11.3 Å². The third-order valence-electron chi connectivity index (χ3n) is 2.55. The summed E-state index contributed by atoms with van der Waals surface area (Å²) in [5.74, 6) is 0.148. The molecule has 0 aliphatic heterocycles. The maximum atomic E-state index is 13.0. The van der Waals surface area contributed by atoms with Crippen LogP contribution in [0.15, 0.2) is 42.5 Å². The number of hydrogen-bond acceptors (Lipinski definition) is 1. The molecule has 0 aliphatic rings. The van der Waals surface area contributed by atoms with Crippen LogP contribution < -0.4 is 4.74 Å². The van der Waals surface area contributed by atoms with Gasteiger partial charge in [-0.15, -0.1) is 11.6 Å². The summed E-state index contributed by atoms with van der Waals surface area (Å²) < 4.78 is 45.3. The topological polar surface area (TPSA) is 9.23 Å². The van der Waals surface area contributed by atoms with Crippen LogP contribution in [0, 0.1) is 3.57 Å². The Labute approximate surface area is 132 Å². The Bertz CT molecular complexity index is 596. The van der Waals surface area contributed by atoms with Crippen LogP contribution >= 0.6 is 34.2 Å². The lowest BCUT2D eigenvalue weighted by molar-refractivity contribution is -0.138. The van der Waals surface area contributed by atoms with E-state index in [1.807, 2.05) is 0 Å². The second kappa shape index (κ2) is 6.22. The molecule has 6 heteroatoms. The molecule has 0 fully saturated rings. The molecule has 0 heterocycles. The second-order valence-electron chi connectivity index (χ2n) is 4.02. The first-order chi connectivity index (χ1) is 9.40. The lowest BCUT2D eigenvalue weighted by atomic mass is 10.1. The molecular weight excluding hydrogens is 404 g/mol. The molecule has 2 rings (SSSR count). The maximum absolute atomic E-state index is 13.0. The van der Waals surface area contributed by atoms with Crippen molar-refractivity contribution in [1.82, 2.24) is 0 Å². The zero-order valence-corrected chi connectivity index (χ0v) is 13.0. The van der Waals surface area contributed by atoms with Gasteiger partial charge in [-0.25, -0.2) is 0 Å².